The Balaban J connectivity index is 1.91. The standard InChI is InChI=1S/C19H26N2O/c1-21(18-9-6-10-19(14-18)22-2)12-11-17(15-20)13-16-7-4-3-5-8-16/h6,9-10,13-14,16H,3-5,7-8,11-12H2,1-2H3. The number of benzene rings is 1. The van der Waals surface area contributed by atoms with E-state index in [4.69, 9.17) is 4.74 Å². The SMILES string of the molecule is COc1cccc(N(C)CCC(C#N)=CC2CCCCC2)c1. The third-order valence-electron chi connectivity index (χ3n) is 4.44. The van der Waals surface area contributed by atoms with Crippen molar-refractivity contribution in [1.82, 2.24) is 0 Å². The molecule has 0 saturated heterocycles. The molecule has 0 bridgehead atoms. The summed E-state index contributed by atoms with van der Waals surface area (Å²) in [5.41, 5.74) is 2.05. The second kappa shape index (κ2) is 8.48. The van der Waals surface area contributed by atoms with Crippen LogP contribution in [0.1, 0.15) is 38.5 Å². The summed E-state index contributed by atoms with van der Waals surface area (Å²) in [5, 5.41) is 9.37. The average Bonchev–Trinajstić information content (AvgIpc) is 2.59. The third kappa shape index (κ3) is 4.80. The van der Waals surface area contributed by atoms with Crippen molar-refractivity contribution in [3.05, 3.63) is 35.9 Å². The lowest BCUT2D eigenvalue weighted by molar-refractivity contribution is 0.415. The molecule has 1 fully saturated rings. The van der Waals surface area contributed by atoms with Crippen molar-refractivity contribution < 1.29 is 4.74 Å². The molecule has 0 radical (unpaired) electrons. The Labute approximate surface area is 134 Å². The maximum absolute atomic E-state index is 9.37. The number of rotatable bonds is 6. The highest BCUT2D eigenvalue weighted by Crippen LogP contribution is 2.26. The van der Waals surface area contributed by atoms with E-state index in [9.17, 15) is 5.26 Å². The van der Waals surface area contributed by atoms with Gasteiger partial charge >= 0.3 is 0 Å². The minimum Gasteiger partial charge on any atom is -0.497 e. The van der Waals surface area contributed by atoms with Gasteiger partial charge < -0.3 is 9.64 Å². The van der Waals surface area contributed by atoms with Crippen LogP contribution >= 0.6 is 0 Å². The van der Waals surface area contributed by atoms with Gasteiger partial charge in [0, 0.05) is 30.9 Å². The number of methoxy groups -OCH3 is 1. The van der Waals surface area contributed by atoms with Crippen molar-refractivity contribution in [3.63, 3.8) is 0 Å². The summed E-state index contributed by atoms with van der Waals surface area (Å²) in [4.78, 5) is 2.18. The number of hydrogen-bond acceptors (Lipinski definition) is 3. The molecule has 3 heteroatoms. The molecular weight excluding hydrogens is 272 g/mol. The predicted octanol–water partition coefficient (Wildman–Crippen LogP) is 4.55. The highest BCUT2D eigenvalue weighted by molar-refractivity contribution is 5.50. The van der Waals surface area contributed by atoms with Crippen LogP contribution in [-0.2, 0) is 0 Å². The van der Waals surface area contributed by atoms with Gasteiger partial charge in [-0.25, -0.2) is 0 Å². The summed E-state index contributed by atoms with van der Waals surface area (Å²) >= 11 is 0. The maximum Gasteiger partial charge on any atom is 0.120 e. The maximum atomic E-state index is 9.37. The first kappa shape index (κ1) is 16.4. The molecule has 1 aromatic carbocycles. The molecule has 1 aliphatic rings. The molecule has 2 rings (SSSR count). The second-order valence-corrected chi connectivity index (χ2v) is 6.07. The number of ether oxygens (including phenoxy) is 1. The van der Waals surface area contributed by atoms with E-state index in [0.717, 1.165) is 30.0 Å². The molecule has 1 aromatic rings. The fraction of sp³-hybridized carbons (Fsp3) is 0.526. The molecular formula is C19H26N2O. The summed E-state index contributed by atoms with van der Waals surface area (Å²) in [6.45, 7) is 0.847. The Morgan fingerprint density at radius 1 is 1.36 bits per heavy atom. The van der Waals surface area contributed by atoms with Gasteiger partial charge in [-0.15, -0.1) is 0 Å². The molecule has 1 aliphatic carbocycles. The molecule has 3 nitrogen and oxygen atoms in total. The lowest BCUT2D eigenvalue weighted by Gasteiger charge is -2.21. The number of anilines is 1. The first-order valence-corrected chi connectivity index (χ1v) is 8.19. The van der Waals surface area contributed by atoms with Crippen molar-refractivity contribution in [3.8, 4) is 11.8 Å². The van der Waals surface area contributed by atoms with Crippen LogP contribution in [0.2, 0.25) is 0 Å². The van der Waals surface area contributed by atoms with Crippen LogP contribution in [0.25, 0.3) is 0 Å². The average molecular weight is 298 g/mol. The normalized spacial score (nSPS) is 16.1. The second-order valence-electron chi connectivity index (χ2n) is 6.07. The highest BCUT2D eigenvalue weighted by atomic mass is 16.5. The number of allylic oxidation sites excluding steroid dienone is 1. The van der Waals surface area contributed by atoms with Gasteiger partial charge in [0.25, 0.3) is 0 Å². The molecule has 0 heterocycles. The van der Waals surface area contributed by atoms with E-state index in [2.05, 4.69) is 30.2 Å². The van der Waals surface area contributed by atoms with Gasteiger partial charge in [0.2, 0.25) is 0 Å². The zero-order valence-corrected chi connectivity index (χ0v) is 13.7. The number of nitrogens with zero attached hydrogens (tertiary/aromatic N) is 2. The molecule has 0 aliphatic heterocycles. The largest absolute Gasteiger partial charge is 0.497 e. The fourth-order valence-corrected chi connectivity index (χ4v) is 3.03. The third-order valence-corrected chi connectivity index (χ3v) is 4.44. The summed E-state index contributed by atoms with van der Waals surface area (Å²) in [7, 11) is 3.74. The van der Waals surface area contributed by atoms with E-state index in [1.54, 1.807) is 7.11 Å². The molecule has 0 amide bonds. The lowest BCUT2D eigenvalue weighted by Crippen LogP contribution is -2.19. The fourth-order valence-electron chi connectivity index (χ4n) is 3.03. The van der Waals surface area contributed by atoms with Gasteiger partial charge in [0.15, 0.2) is 0 Å². The van der Waals surface area contributed by atoms with E-state index in [1.165, 1.54) is 32.1 Å². The number of hydrogen-bond donors (Lipinski definition) is 0. The van der Waals surface area contributed by atoms with Crippen molar-refractivity contribution >= 4 is 5.69 Å². The molecule has 0 spiro atoms. The Bertz CT molecular complexity index is 539. The van der Waals surface area contributed by atoms with E-state index in [-0.39, 0.29) is 0 Å². The Hall–Kier alpha value is -1.95. The first-order valence-electron chi connectivity index (χ1n) is 8.19. The van der Waals surface area contributed by atoms with Crippen molar-refractivity contribution in [2.75, 3.05) is 25.6 Å². The van der Waals surface area contributed by atoms with E-state index in [1.807, 2.05) is 18.2 Å². The van der Waals surface area contributed by atoms with Gasteiger partial charge in [-0.3, -0.25) is 0 Å². The number of nitriles is 1. The minimum atomic E-state index is 0.616. The van der Waals surface area contributed by atoms with E-state index >= 15 is 0 Å². The van der Waals surface area contributed by atoms with Gasteiger partial charge in [0.05, 0.1) is 13.2 Å². The Morgan fingerprint density at radius 3 is 2.82 bits per heavy atom. The minimum absolute atomic E-state index is 0.616. The molecule has 0 atom stereocenters. The van der Waals surface area contributed by atoms with Crippen LogP contribution in [0.15, 0.2) is 35.9 Å². The van der Waals surface area contributed by atoms with E-state index in [0.29, 0.717) is 5.92 Å². The summed E-state index contributed by atoms with van der Waals surface area (Å²) in [6.07, 6.45) is 9.49. The van der Waals surface area contributed by atoms with Crippen molar-refractivity contribution in [2.45, 2.75) is 38.5 Å². The van der Waals surface area contributed by atoms with Crippen LogP contribution in [0.3, 0.4) is 0 Å². The molecule has 0 unspecified atom stereocenters. The van der Waals surface area contributed by atoms with Gasteiger partial charge in [-0.05, 0) is 37.3 Å². The van der Waals surface area contributed by atoms with E-state index < -0.39 is 0 Å². The summed E-state index contributed by atoms with van der Waals surface area (Å²) < 4.78 is 5.26. The van der Waals surface area contributed by atoms with Crippen LogP contribution in [0, 0.1) is 17.2 Å². The predicted molar refractivity (Wildman–Crippen MR) is 91.2 cm³/mol. The molecule has 0 aromatic heterocycles. The Kier molecular flexibility index (Phi) is 6.33. The topological polar surface area (TPSA) is 36.3 Å². The van der Waals surface area contributed by atoms with Gasteiger partial charge in [0.1, 0.15) is 5.75 Å². The molecule has 1 saturated carbocycles. The molecule has 0 N–H and O–H groups in total. The quantitative estimate of drug-likeness (QED) is 0.723. The van der Waals surface area contributed by atoms with Gasteiger partial charge in [-0.2, -0.15) is 5.26 Å². The zero-order valence-electron chi connectivity index (χ0n) is 13.7. The van der Waals surface area contributed by atoms with Crippen LogP contribution in [0.4, 0.5) is 5.69 Å². The highest BCUT2D eigenvalue weighted by Gasteiger charge is 2.12. The summed E-state index contributed by atoms with van der Waals surface area (Å²) in [6, 6.07) is 10.4. The first-order chi connectivity index (χ1) is 10.7. The van der Waals surface area contributed by atoms with Gasteiger partial charge in [-0.1, -0.05) is 31.4 Å². The lowest BCUT2D eigenvalue weighted by atomic mass is 9.87. The van der Waals surface area contributed by atoms with Crippen LogP contribution < -0.4 is 9.64 Å². The van der Waals surface area contributed by atoms with Crippen molar-refractivity contribution in [2.24, 2.45) is 5.92 Å². The monoisotopic (exact) mass is 298 g/mol. The smallest absolute Gasteiger partial charge is 0.120 e. The molecule has 118 valence electrons. The van der Waals surface area contributed by atoms with Crippen LogP contribution in [0.5, 0.6) is 5.75 Å². The molecule has 22 heavy (non-hydrogen) atoms. The zero-order chi connectivity index (χ0) is 15.8. The van der Waals surface area contributed by atoms with Crippen LogP contribution in [-0.4, -0.2) is 20.7 Å². The Morgan fingerprint density at radius 2 is 2.14 bits per heavy atom. The van der Waals surface area contributed by atoms with Crippen molar-refractivity contribution in [1.29, 1.82) is 5.26 Å². The summed E-state index contributed by atoms with van der Waals surface area (Å²) in [5.74, 6) is 1.48.